The zero-order valence-corrected chi connectivity index (χ0v) is 7.56. The van der Waals surface area contributed by atoms with Crippen molar-refractivity contribution < 1.29 is 19.1 Å². The van der Waals surface area contributed by atoms with E-state index in [9.17, 15) is 9.59 Å². The summed E-state index contributed by atoms with van der Waals surface area (Å²) >= 11 is 4.74. The normalized spacial score (nSPS) is 8.75. The first-order valence-corrected chi connectivity index (χ1v) is 3.90. The molecule has 0 heterocycles. The second-order valence-corrected chi connectivity index (χ2v) is 2.35. The second-order valence-electron chi connectivity index (χ2n) is 1.89. The molecule has 0 aromatic heterocycles. The fourth-order valence-electron chi connectivity index (χ4n) is 0.550. The number of hydrogen-bond donors (Lipinski definition) is 0. The Kier molecular flexibility index (Phi) is 6.18. The Morgan fingerprint density at radius 1 is 1.50 bits per heavy atom. The topological polar surface area (TPSA) is 52.6 Å². The summed E-state index contributed by atoms with van der Waals surface area (Å²) in [5, 5.41) is 0.361. The summed E-state index contributed by atoms with van der Waals surface area (Å²) < 4.78 is 8.94. The molecule has 0 saturated carbocycles. The van der Waals surface area contributed by atoms with E-state index in [4.69, 9.17) is 17.0 Å². The van der Waals surface area contributed by atoms with Crippen molar-refractivity contribution in [1.29, 1.82) is 0 Å². The van der Waals surface area contributed by atoms with Crippen LogP contribution < -0.4 is 0 Å². The van der Waals surface area contributed by atoms with Gasteiger partial charge in [-0.05, 0) is 19.1 Å². The van der Waals surface area contributed by atoms with Gasteiger partial charge in [0.25, 0.3) is 0 Å². The Hall–Kier alpha value is -0.970. The first-order valence-electron chi connectivity index (χ1n) is 3.49. The largest absolute Gasteiger partial charge is 0.487 e. The van der Waals surface area contributed by atoms with Crippen molar-refractivity contribution in [3.05, 3.63) is 0 Å². The predicted molar refractivity (Wildman–Crippen MR) is 45.6 cm³/mol. The lowest BCUT2D eigenvalue weighted by Crippen LogP contribution is -2.07. The molecule has 4 nitrogen and oxygen atoms in total. The molecule has 0 atom stereocenters. The van der Waals surface area contributed by atoms with Crippen LogP contribution in [0.15, 0.2) is 0 Å². The highest BCUT2D eigenvalue weighted by Gasteiger charge is 2.04. The summed E-state index contributed by atoms with van der Waals surface area (Å²) in [5.74, 6) is -0.591. The third-order valence-corrected chi connectivity index (χ3v) is 1.34. The van der Waals surface area contributed by atoms with E-state index in [1.807, 2.05) is 0 Å². The van der Waals surface area contributed by atoms with Crippen molar-refractivity contribution in [2.24, 2.45) is 0 Å². The van der Waals surface area contributed by atoms with Crippen LogP contribution in [0.1, 0.15) is 19.8 Å². The van der Waals surface area contributed by atoms with Gasteiger partial charge in [0.1, 0.15) is 0 Å². The maximum absolute atomic E-state index is 10.6. The van der Waals surface area contributed by atoms with Gasteiger partial charge in [-0.1, -0.05) is 0 Å². The third kappa shape index (κ3) is 5.79. The molecule has 0 radical (unpaired) electrons. The molecule has 0 amide bonds. The first kappa shape index (κ1) is 11.0. The highest BCUT2D eigenvalue weighted by atomic mass is 32.1. The minimum atomic E-state index is -0.591. The fraction of sp³-hybridized carbons (Fsp3) is 0.571. The Balaban J connectivity index is 3.46. The Morgan fingerprint density at radius 3 is 2.67 bits per heavy atom. The highest BCUT2D eigenvalue weighted by Crippen LogP contribution is 1.96. The average Bonchev–Trinajstić information content (AvgIpc) is 2.02. The zero-order valence-electron chi connectivity index (χ0n) is 6.74. The van der Waals surface area contributed by atoms with Crippen LogP contribution in [0.5, 0.6) is 0 Å². The summed E-state index contributed by atoms with van der Waals surface area (Å²) in [6, 6.07) is 0. The van der Waals surface area contributed by atoms with E-state index < -0.39 is 5.97 Å². The predicted octanol–water partition coefficient (Wildman–Crippen LogP) is 0.830. The lowest BCUT2D eigenvalue weighted by atomic mass is 10.3. The number of thiocarbonyl (C=S) groups is 1. The molecule has 0 bridgehead atoms. The van der Waals surface area contributed by atoms with Crippen LogP contribution in [0.2, 0.25) is 0 Å². The molecule has 0 saturated heterocycles. The zero-order chi connectivity index (χ0) is 9.40. The molecule has 68 valence electrons. The Bertz CT molecular complexity index is 178. The molecule has 0 rings (SSSR count). The maximum atomic E-state index is 10.6. The van der Waals surface area contributed by atoms with Crippen LogP contribution in [0.4, 0.5) is 0 Å². The van der Waals surface area contributed by atoms with E-state index >= 15 is 0 Å². The molecular weight excluding hydrogens is 180 g/mol. The maximum Gasteiger partial charge on any atom is 0.313 e. The standard InChI is InChI=1S/C7H10O4S/c1-2-10-7(12)4-3-6(9)11-5-8/h5H,2-4H2,1H3. The Morgan fingerprint density at radius 2 is 2.17 bits per heavy atom. The van der Waals surface area contributed by atoms with Crippen molar-refractivity contribution in [2.75, 3.05) is 6.61 Å². The lowest BCUT2D eigenvalue weighted by molar-refractivity contribution is -0.151. The number of carbonyl (C=O) groups excluding carboxylic acids is 2. The van der Waals surface area contributed by atoms with Crippen LogP contribution >= 0.6 is 12.2 Å². The number of esters is 1. The van der Waals surface area contributed by atoms with Crippen molar-refractivity contribution in [1.82, 2.24) is 0 Å². The molecule has 0 aliphatic carbocycles. The van der Waals surface area contributed by atoms with Crippen molar-refractivity contribution in [2.45, 2.75) is 19.8 Å². The molecule has 0 N–H and O–H groups in total. The lowest BCUT2D eigenvalue weighted by Gasteiger charge is -2.02. The molecule has 0 aromatic rings. The van der Waals surface area contributed by atoms with E-state index in [1.54, 1.807) is 6.92 Å². The van der Waals surface area contributed by atoms with E-state index in [0.717, 1.165) is 0 Å². The molecule has 0 spiro atoms. The minimum absolute atomic E-state index is 0.0809. The summed E-state index contributed by atoms with van der Waals surface area (Å²) in [6.45, 7) is 2.39. The van der Waals surface area contributed by atoms with E-state index in [0.29, 0.717) is 18.1 Å². The highest BCUT2D eigenvalue weighted by molar-refractivity contribution is 7.80. The first-order chi connectivity index (χ1) is 5.70. The third-order valence-electron chi connectivity index (χ3n) is 1.02. The molecule has 0 aromatic carbocycles. The second kappa shape index (κ2) is 6.72. The van der Waals surface area contributed by atoms with Gasteiger partial charge in [0.05, 0.1) is 13.0 Å². The van der Waals surface area contributed by atoms with Gasteiger partial charge in [-0.2, -0.15) is 0 Å². The smallest absolute Gasteiger partial charge is 0.313 e. The number of carbonyl (C=O) groups is 2. The van der Waals surface area contributed by atoms with Crippen LogP contribution in [-0.2, 0) is 19.1 Å². The fourth-order valence-corrected chi connectivity index (χ4v) is 0.770. The molecule has 0 unspecified atom stereocenters. The molecule has 12 heavy (non-hydrogen) atoms. The van der Waals surface area contributed by atoms with Crippen LogP contribution in [0.25, 0.3) is 0 Å². The molecular formula is C7H10O4S. The Labute approximate surface area is 75.8 Å². The quantitative estimate of drug-likeness (QED) is 0.278. The summed E-state index contributed by atoms with van der Waals surface area (Å²) in [4.78, 5) is 20.3. The average molecular weight is 190 g/mol. The van der Waals surface area contributed by atoms with Gasteiger partial charge in [0.15, 0.2) is 5.05 Å². The van der Waals surface area contributed by atoms with E-state index in [-0.39, 0.29) is 12.9 Å². The van der Waals surface area contributed by atoms with E-state index in [2.05, 4.69) is 4.74 Å². The van der Waals surface area contributed by atoms with Crippen molar-refractivity contribution in [3.8, 4) is 0 Å². The SMILES string of the molecule is CCOC(=S)CCC(=O)OC=O. The number of hydrogen-bond acceptors (Lipinski definition) is 5. The minimum Gasteiger partial charge on any atom is -0.487 e. The van der Waals surface area contributed by atoms with Gasteiger partial charge in [0, 0.05) is 6.42 Å². The summed E-state index contributed by atoms with van der Waals surface area (Å²) in [5.41, 5.74) is 0. The van der Waals surface area contributed by atoms with Gasteiger partial charge in [-0.15, -0.1) is 0 Å². The van der Waals surface area contributed by atoms with Gasteiger partial charge in [0.2, 0.25) is 0 Å². The molecule has 0 aliphatic rings. The number of rotatable bonds is 5. The molecule has 0 aliphatic heterocycles. The van der Waals surface area contributed by atoms with Crippen LogP contribution in [-0.4, -0.2) is 24.1 Å². The van der Waals surface area contributed by atoms with Crippen LogP contribution in [0.3, 0.4) is 0 Å². The van der Waals surface area contributed by atoms with Gasteiger partial charge in [-0.3, -0.25) is 9.59 Å². The summed E-state index contributed by atoms with van der Waals surface area (Å²) in [6.07, 6.45) is 0.396. The van der Waals surface area contributed by atoms with Gasteiger partial charge < -0.3 is 9.47 Å². The summed E-state index contributed by atoms with van der Waals surface area (Å²) in [7, 11) is 0. The van der Waals surface area contributed by atoms with Gasteiger partial charge in [-0.25, -0.2) is 0 Å². The number of ether oxygens (including phenoxy) is 2. The van der Waals surface area contributed by atoms with Gasteiger partial charge >= 0.3 is 12.4 Å². The molecule has 0 fully saturated rings. The van der Waals surface area contributed by atoms with Crippen molar-refractivity contribution in [3.63, 3.8) is 0 Å². The molecule has 5 heteroatoms. The van der Waals surface area contributed by atoms with E-state index in [1.165, 1.54) is 0 Å². The van der Waals surface area contributed by atoms with Crippen LogP contribution in [0, 0.1) is 0 Å². The monoisotopic (exact) mass is 190 g/mol. The van der Waals surface area contributed by atoms with Crippen molar-refractivity contribution >= 4 is 29.7 Å².